The van der Waals surface area contributed by atoms with Gasteiger partial charge in [-0.1, -0.05) is 6.07 Å². The first kappa shape index (κ1) is 9.03. The van der Waals surface area contributed by atoms with E-state index in [-0.39, 0.29) is 0 Å². The van der Waals surface area contributed by atoms with Crippen LogP contribution in [0.3, 0.4) is 0 Å². The standard InChI is InChI=1S/C7H8BFO3/c1-12-8(11)5-2-3-6(9)7(10)4-5/h2-4,10-11H,1H3. The summed E-state index contributed by atoms with van der Waals surface area (Å²) in [5.74, 6) is -1.22. The maximum Gasteiger partial charge on any atom is 0.491 e. The summed E-state index contributed by atoms with van der Waals surface area (Å²) >= 11 is 0. The molecule has 5 heteroatoms. The Morgan fingerprint density at radius 3 is 2.67 bits per heavy atom. The maximum atomic E-state index is 12.5. The number of phenols is 1. The van der Waals surface area contributed by atoms with Gasteiger partial charge in [0.25, 0.3) is 0 Å². The summed E-state index contributed by atoms with van der Waals surface area (Å²) < 4.78 is 17.0. The molecule has 1 aromatic rings. The van der Waals surface area contributed by atoms with E-state index >= 15 is 0 Å². The van der Waals surface area contributed by atoms with Gasteiger partial charge in [0.05, 0.1) is 0 Å². The molecule has 0 aromatic heterocycles. The molecule has 12 heavy (non-hydrogen) atoms. The van der Waals surface area contributed by atoms with E-state index in [0.29, 0.717) is 5.46 Å². The Kier molecular flexibility index (Phi) is 2.67. The van der Waals surface area contributed by atoms with E-state index in [4.69, 9.17) is 10.1 Å². The van der Waals surface area contributed by atoms with Crippen molar-refractivity contribution < 1.29 is 19.2 Å². The molecule has 0 unspecified atom stereocenters. The van der Waals surface area contributed by atoms with Crippen molar-refractivity contribution in [3.8, 4) is 5.75 Å². The van der Waals surface area contributed by atoms with E-state index in [0.717, 1.165) is 12.1 Å². The summed E-state index contributed by atoms with van der Waals surface area (Å²) in [6.45, 7) is 0. The van der Waals surface area contributed by atoms with E-state index in [9.17, 15) is 4.39 Å². The normalized spacial score (nSPS) is 9.92. The molecule has 0 radical (unpaired) electrons. The average molecular weight is 170 g/mol. The molecule has 0 bridgehead atoms. The topological polar surface area (TPSA) is 49.7 Å². The smallest absolute Gasteiger partial charge is 0.491 e. The Balaban J connectivity index is 2.96. The Bertz CT molecular complexity index is 279. The summed E-state index contributed by atoms with van der Waals surface area (Å²) in [5.41, 5.74) is 0.316. The molecule has 2 N–H and O–H groups in total. The van der Waals surface area contributed by atoms with Gasteiger partial charge in [-0.05, 0) is 17.6 Å². The highest BCUT2D eigenvalue weighted by atomic mass is 19.1. The molecule has 1 aromatic carbocycles. The van der Waals surface area contributed by atoms with Crippen LogP contribution in [0.5, 0.6) is 5.75 Å². The Labute approximate surface area is 69.6 Å². The predicted octanol–water partition coefficient (Wildman–Crippen LogP) is -0.135. The number of phenolic OH excluding ortho intramolecular Hbond substituents is 1. The molecule has 0 saturated carbocycles. The first-order chi connectivity index (χ1) is 5.65. The lowest BCUT2D eigenvalue weighted by Gasteiger charge is -2.03. The lowest BCUT2D eigenvalue weighted by molar-refractivity contribution is 0.341. The molecule has 1 rings (SSSR count). The van der Waals surface area contributed by atoms with Gasteiger partial charge >= 0.3 is 7.12 Å². The van der Waals surface area contributed by atoms with Gasteiger partial charge in [-0.25, -0.2) is 4.39 Å². The largest absolute Gasteiger partial charge is 0.505 e. The molecule has 0 aliphatic rings. The number of halogens is 1. The van der Waals surface area contributed by atoms with Crippen LogP contribution in [0.2, 0.25) is 0 Å². The average Bonchev–Trinajstić information content (AvgIpc) is 2.08. The Hall–Kier alpha value is -1.07. The second-order valence-electron chi connectivity index (χ2n) is 2.30. The Morgan fingerprint density at radius 2 is 2.17 bits per heavy atom. The fourth-order valence-corrected chi connectivity index (χ4v) is 0.819. The van der Waals surface area contributed by atoms with Crippen molar-refractivity contribution in [3.63, 3.8) is 0 Å². The van der Waals surface area contributed by atoms with Crippen LogP contribution in [0, 0.1) is 5.82 Å². The highest BCUT2D eigenvalue weighted by Crippen LogP contribution is 2.11. The number of aromatic hydroxyl groups is 1. The number of benzene rings is 1. The first-order valence-corrected chi connectivity index (χ1v) is 3.34. The van der Waals surface area contributed by atoms with Crippen LogP contribution >= 0.6 is 0 Å². The third-order valence-electron chi connectivity index (χ3n) is 1.48. The van der Waals surface area contributed by atoms with Crippen molar-refractivity contribution in [2.75, 3.05) is 7.11 Å². The summed E-state index contributed by atoms with van der Waals surface area (Å²) in [6, 6.07) is 3.51. The summed E-state index contributed by atoms with van der Waals surface area (Å²) in [7, 11) is 0.182. The molecule has 0 atom stereocenters. The quantitative estimate of drug-likeness (QED) is 0.607. The van der Waals surface area contributed by atoms with Crippen LogP contribution in [-0.2, 0) is 4.65 Å². The van der Waals surface area contributed by atoms with Crippen LogP contribution in [0.4, 0.5) is 4.39 Å². The van der Waals surface area contributed by atoms with E-state index in [1.54, 1.807) is 0 Å². The third kappa shape index (κ3) is 1.75. The van der Waals surface area contributed by atoms with E-state index in [2.05, 4.69) is 4.65 Å². The first-order valence-electron chi connectivity index (χ1n) is 3.34. The molecule has 64 valence electrons. The second-order valence-corrected chi connectivity index (χ2v) is 2.30. The van der Waals surface area contributed by atoms with Crippen molar-refractivity contribution in [3.05, 3.63) is 24.0 Å². The van der Waals surface area contributed by atoms with Gasteiger partial charge in [0.15, 0.2) is 11.6 Å². The summed E-state index contributed by atoms with van der Waals surface area (Å²) in [5, 5.41) is 18.0. The van der Waals surface area contributed by atoms with Crippen LogP contribution in [0.15, 0.2) is 18.2 Å². The predicted molar refractivity (Wildman–Crippen MR) is 42.7 cm³/mol. The fraction of sp³-hybridized carbons (Fsp3) is 0.143. The van der Waals surface area contributed by atoms with Gasteiger partial charge in [0, 0.05) is 7.11 Å². The van der Waals surface area contributed by atoms with Gasteiger partial charge in [-0.15, -0.1) is 0 Å². The van der Waals surface area contributed by atoms with Crippen molar-refractivity contribution in [2.45, 2.75) is 0 Å². The second kappa shape index (κ2) is 3.56. The summed E-state index contributed by atoms with van der Waals surface area (Å²) in [4.78, 5) is 0. The zero-order chi connectivity index (χ0) is 9.14. The lowest BCUT2D eigenvalue weighted by Crippen LogP contribution is -2.32. The highest BCUT2D eigenvalue weighted by Gasteiger charge is 2.15. The fourth-order valence-electron chi connectivity index (χ4n) is 0.819. The van der Waals surface area contributed by atoms with Crippen LogP contribution < -0.4 is 5.46 Å². The molecule has 3 nitrogen and oxygen atoms in total. The molecule has 0 aliphatic heterocycles. The molecule has 0 saturated heterocycles. The molecule has 0 fully saturated rings. The molecular weight excluding hydrogens is 162 g/mol. The highest BCUT2D eigenvalue weighted by molar-refractivity contribution is 6.59. The van der Waals surface area contributed by atoms with Crippen LogP contribution in [0.25, 0.3) is 0 Å². The monoisotopic (exact) mass is 170 g/mol. The minimum Gasteiger partial charge on any atom is -0.505 e. The van der Waals surface area contributed by atoms with Crippen molar-refractivity contribution >= 4 is 12.6 Å². The van der Waals surface area contributed by atoms with E-state index in [1.165, 1.54) is 13.2 Å². The maximum absolute atomic E-state index is 12.5. The van der Waals surface area contributed by atoms with Gasteiger partial charge < -0.3 is 14.8 Å². The van der Waals surface area contributed by atoms with E-state index in [1.807, 2.05) is 0 Å². The number of hydrogen-bond donors (Lipinski definition) is 2. The summed E-state index contributed by atoms with van der Waals surface area (Å²) in [6.07, 6.45) is 0. The van der Waals surface area contributed by atoms with Gasteiger partial charge in [0.2, 0.25) is 0 Å². The van der Waals surface area contributed by atoms with Crippen LogP contribution in [-0.4, -0.2) is 24.4 Å². The lowest BCUT2D eigenvalue weighted by atomic mass is 9.80. The molecule has 0 heterocycles. The van der Waals surface area contributed by atoms with E-state index < -0.39 is 18.7 Å². The number of hydrogen-bond acceptors (Lipinski definition) is 3. The minimum atomic E-state index is -1.13. The zero-order valence-corrected chi connectivity index (χ0v) is 6.49. The van der Waals surface area contributed by atoms with Crippen molar-refractivity contribution in [1.82, 2.24) is 0 Å². The third-order valence-corrected chi connectivity index (χ3v) is 1.48. The molecule has 0 spiro atoms. The number of rotatable bonds is 2. The molecule has 0 aliphatic carbocycles. The Morgan fingerprint density at radius 1 is 1.50 bits per heavy atom. The van der Waals surface area contributed by atoms with Crippen molar-refractivity contribution in [1.29, 1.82) is 0 Å². The molecular formula is C7H8BFO3. The zero-order valence-electron chi connectivity index (χ0n) is 6.49. The van der Waals surface area contributed by atoms with Gasteiger partial charge in [-0.3, -0.25) is 0 Å². The van der Waals surface area contributed by atoms with Crippen LogP contribution in [0.1, 0.15) is 0 Å². The van der Waals surface area contributed by atoms with Crippen molar-refractivity contribution in [2.24, 2.45) is 0 Å². The molecule has 0 amide bonds. The van der Waals surface area contributed by atoms with Gasteiger partial charge in [-0.2, -0.15) is 0 Å². The SMILES string of the molecule is COB(O)c1ccc(F)c(O)c1. The van der Waals surface area contributed by atoms with Gasteiger partial charge in [0.1, 0.15) is 0 Å². The minimum absolute atomic E-state index is 0.316.